The Morgan fingerprint density at radius 3 is 2.95 bits per heavy atom. The van der Waals surface area contributed by atoms with Crippen molar-refractivity contribution in [3.8, 4) is 6.07 Å². The first kappa shape index (κ1) is 17.1. The minimum Gasteiger partial charge on any atom is -0.457 e. The van der Waals surface area contributed by atoms with E-state index in [1.807, 2.05) is 12.1 Å². The molecule has 0 saturated carbocycles. The van der Waals surface area contributed by atoms with Gasteiger partial charge in [-0.2, -0.15) is 5.26 Å². The predicted molar refractivity (Wildman–Crippen MR) is 83.4 cm³/mol. The van der Waals surface area contributed by atoms with Gasteiger partial charge < -0.3 is 10.1 Å². The molecule has 110 valence electrons. The number of ether oxygens (including phenoxy) is 1. The number of halogens is 1. The highest BCUT2D eigenvalue weighted by Gasteiger charge is 2.16. The van der Waals surface area contributed by atoms with Crippen LogP contribution in [0.3, 0.4) is 0 Å². The molecule has 1 rings (SSSR count). The highest BCUT2D eigenvalue weighted by atomic mass is 35.5. The summed E-state index contributed by atoms with van der Waals surface area (Å²) in [5.41, 5.74) is 0.814. The van der Waals surface area contributed by atoms with Crippen LogP contribution in [0.4, 0.5) is 0 Å². The van der Waals surface area contributed by atoms with Gasteiger partial charge in [-0.25, -0.2) is 9.78 Å². The van der Waals surface area contributed by atoms with E-state index in [1.165, 1.54) is 17.8 Å². The van der Waals surface area contributed by atoms with E-state index in [0.29, 0.717) is 16.7 Å². The molecule has 1 aromatic heterocycles. The summed E-state index contributed by atoms with van der Waals surface area (Å²) in [6, 6.07) is 5.34. The summed E-state index contributed by atoms with van der Waals surface area (Å²) < 4.78 is 4.87. The van der Waals surface area contributed by atoms with Crippen molar-refractivity contribution in [2.75, 3.05) is 12.9 Å². The third-order valence-corrected chi connectivity index (χ3v) is 3.30. The van der Waals surface area contributed by atoms with Gasteiger partial charge in [-0.3, -0.25) is 0 Å². The van der Waals surface area contributed by atoms with Crippen LogP contribution in [0.5, 0.6) is 0 Å². The van der Waals surface area contributed by atoms with Crippen LogP contribution < -0.4 is 5.32 Å². The maximum Gasteiger partial charge on any atom is 0.351 e. The van der Waals surface area contributed by atoms with Crippen LogP contribution in [-0.4, -0.2) is 23.8 Å². The number of hydrogen-bond acceptors (Lipinski definition) is 6. The lowest BCUT2D eigenvalue weighted by molar-refractivity contribution is -0.137. The van der Waals surface area contributed by atoms with Gasteiger partial charge in [0.05, 0.1) is 5.03 Å². The molecule has 0 aliphatic carbocycles. The summed E-state index contributed by atoms with van der Waals surface area (Å²) in [7, 11) is 0. The Labute approximate surface area is 132 Å². The second-order valence-electron chi connectivity index (χ2n) is 3.75. The van der Waals surface area contributed by atoms with Crippen molar-refractivity contribution >= 4 is 29.3 Å². The number of rotatable bonds is 7. The van der Waals surface area contributed by atoms with Crippen LogP contribution in [0.15, 0.2) is 41.6 Å². The Hall–Kier alpha value is -1.97. The monoisotopic (exact) mass is 323 g/mol. The molecule has 1 N–H and O–H groups in total. The van der Waals surface area contributed by atoms with E-state index in [-0.39, 0.29) is 12.2 Å². The van der Waals surface area contributed by atoms with Crippen molar-refractivity contribution in [2.24, 2.45) is 0 Å². The first-order chi connectivity index (χ1) is 10.1. The molecule has 0 bridgehead atoms. The molecule has 1 aromatic rings. The average molecular weight is 324 g/mol. The Morgan fingerprint density at radius 2 is 2.43 bits per heavy atom. The van der Waals surface area contributed by atoms with Gasteiger partial charge >= 0.3 is 5.97 Å². The highest BCUT2D eigenvalue weighted by molar-refractivity contribution is 8.02. The number of aromatic nitrogens is 1. The molecule has 0 aliphatic heterocycles. The van der Waals surface area contributed by atoms with Gasteiger partial charge in [0, 0.05) is 12.7 Å². The lowest BCUT2D eigenvalue weighted by Crippen LogP contribution is -2.17. The smallest absolute Gasteiger partial charge is 0.351 e. The third-order valence-electron chi connectivity index (χ3n) is 2.32. The Balaban J connectivity index is 2.80. The van der Waals surface area contributed by atoms with E-state index in [4.69, 9.17) is 21.6 Å². The molecule has 1 heterocycles. The molecule has 0 atom stereocenters. The normalized spacial score (nSPS) is 11.1. The lowest BCUT2D eigenvalue weighted by atomic mass is 10.3. The molecule has 0 amide bonds. The van der Waals surface area contributed by atoms with E-state index < -0.39 is 5.97 Å². The number of hydrogen-bond donors (Lipinski definition) is 1. The second-order valence-corrected chi connectivity index (χ2v) is 4.95. The zero-order chi connectivity index (χ0) is 15.7. The van der Waals surface area contributed by atoms with E-state index in [1.54, 1.807) is 18.5 Å². The fourth-order valence-electron chi connectivity index (χ4n) is 1.35. The minimum absolute atomic E-state index is 0.0623. The number of pyridine rings is 1. The van der Waals surface area contributed by atoms with Gasteiger partial charge in [0.2, 0.25) is 0 Å². The highest BCUT2D eigenvalue weighted by Crippen LogP contribution is 2.16. The predicted octanol–water partition coefficient (Wildman–Crippen LogP) is 2.65. The fourth-order valence-corrected chi connectivity index (χ4v) is 2.01. The summed E-state index contributed by atoms with van der Waals surface area (Å²) in [4.78, 5) is 15.7. The van der Waals surface area contributed by atoms with Crippen LogP contribution >= 0.6 is 23.4 Å². The zero-order valence-corrected chi connectivity index (χ0v) is 13.0. The van der Waals surface area contributed by atoms with Gasteiger partial charge in [0.1, 0.15) is 17.8 Å². The number of esters is 1. The van der Waals surface area contributed by atoms with Crippen LogP contribution in [0.25, 0.3) is 0 Å². The summed E-state index contributed by atoms with van der Waals surface area (Å²) in [5, 5.41) is 13.0. The van der Waals surface area contributed by atoms with Gasteiger partial charge in [-0.1, -0.05) is 30.3 Å². The van der Waals surface area contributed by atoms with E-state index >= 15 is 0 Å². The third kappa shape index (κ3) is 5.50. The molecular weight excluding hydrogens is 310 g/mol. The molecule has 0 radical (unpaired) electrons. The summed E-state index contributed by atoms with van der Waals surface area (Å²) in [6.07, 6.45) is 4.83. The molecule has 5 nitrogen and oxygen atoms in total. The van der Waals surface area contributed by atoms with Crippen molar-refractivity contribution in [2.45, 2.75) is 6.54 Å². The topological polar surface area (TPSA) is 75.0 Å². The fraction of sp³-hybridized carbons (Fsp3) is 0.214. The first-order valence-corrected chi connectivity index (χ1v) is 7.53. The van der Waals surface area contributed by atoms with Crippen molar-refractivity contribution in [1.29, 1.82) is 5.26 Å². The van der Waals surface area contributed by atoms with Crippen molar-refractivity contribution in [3.05, 3.63) is 52.3 Å². The second kappa shape index (κ2) is 9.06. The average Bonchev–Trinajstić information content (AvgIpc) is 2.50. The van der Waals surface area contributed by atoms with Crippen LogP contribution in [0.2, 0.25) is 5.15 Å². The van der Waals surface area contributed by atoms with Crippen LogP contribution in [0.1, 0.15) is 5.56 Å². The number of carbonyl (C=O) groups is 1. The molecule has 0 spiro atoms. The molecule has 0 saturated heterocycles. The van der Waals surface area contributed by atoms with Crippen LogP contribution in [0, 0.1) is 11.3 Å². The SMILES string of the molecule is C=CCOC(=O)/C(C#N)=C(\NCc1ccc(Cl)nc1)SC. The maximum atomic E-state index is 11.8. The number of carbonyl (C=O) groups excluding carboxylic acids is 1. The van der Waals surface area contributed by atoms with E-state index in [9.17, 15) is 4.79 Å². The summed E-state index contributed by atoms with van der Waals surface area (Å²) in [5.74, 6) is -0.677. The number of nitrogens with zero attached hydrogens (tertiary/aromatic N) is 2. The molecule has 0 fully saturated rings. The quantitative estimate of drug-likeness (QED) is 0.273. The lowest BCUT2D eigenvalue weighted by Gasteiger charge is -2.10. The zero-order valence-electron chi connectivity index (χ0n) is 11.4. The largest absolute Gasteiger partial charge is 0.457 e. The van der Waals surface area contributed by atoms with Gasteiger partial charge in [0.25, 0.3) is 0 Å². The molecule has 0 aromatic carbocycles. The van der Waals surface area contributed by atoms with Crippen molar-refractivity contribution in [3.63, 3.8) is 0 Å². The Kier molecular flexibility index (Phi) is 7.37. The van der Waals surface area contributed by atoms with Gasteiger partial charge in [-0.15, -0.1) is 11.8 Å². The van der Waals surface area contributed by atoms with Gasteiger partial charge in [0.15, 0.2) is 5.57 Å². The number of thioether (sulfide) groups is 1. The standard InChI is InChI=1S/C14H14ClN3O2S/c1-3-6-20-14(19)11(7-16)13(21-2)18-9-10-4-5-12(15)17-8-10/h3-5,8,18H,1,6,9H2,2H3/b13-11+. The maximum absolute atomic E-state index is 11.8. The molecular formula is C14H14ClN3O2S. The molecule has 7 heteroatoms. The van der Waals surface area contributed by atoms with Gasteiger partial charge in [-0.05, 0) is 17.9 Å². The van der Waals surface area contributed by atoms with Crippen molar-refractivity contribution in [1.82, 2.24) is 10.3 Å². The molecule has 0 aliphatic rings. The number of nitrogens with one attached hydrogen (secondary N) is 1. The summed E-state index contributed by atoms with van der Waals surface area (Å²) >= 11 is 6.97. The summed E-state index contributed by atoms with van der Waals surface area (Å²) in [6.45, 7) is 3.93. The van der Waals surface area contributed by atoms with Crippen LogP contribution in [-0.2, 0) is 16.1 Å². The van der Waals surface area contributed by atoms with Crippen molar-refractivity contribution < 1.29 is 9.53 Å². The number of nitriles is 1. The van der Waals surface area contributed by atoms with E-state index in [2.05, 4.69) is 16.9 Å². The first-order valence-electron chi connectivity index (χ1n) is 5.93. The Bertz CT molecular complexity index is 579. The molecule has 21 heavy (non-hydrogen) atoms. The molecule has 0 unspecified atom stereocenters. The Morgan fingerprint density at radius 1 is 1.67 bits per heavy atom. The van der Waals surface area contributed by atoms with E-state index in [0.717, 1.165) is 5.56 Å². The minimum atomic E-state index is -0.677.